The summed E-state index contributed by atoms with van der Waals surface area (Å²) in [7, 11) is 0. The van der Waals surface area contributed by atoms with E-state index in [1.165, 1.54) is 12.5 Å². The normalized spacial score (nSPS) is 11.9. The molecule has 80 valence electrons. The van der Waals surface area contributed by atoms with Gasteiger partial charge >= 0.3 is 5.97 Å². The Morgan fingerprint density at radius 1 is 1.47 bits per heavy atom. The molecule has 1 unspecified atom stereocenters. The molecule has 0 aliphatic carbocycles. The van der Waals surface area contributed by atoms with E-state index in [0.717, 1.165) is 5.56 Å². The highest BCUT2D eigenvalue weighted by Crippen LogP contribution is 2.22. The van der Waals surface area contributed by atoms with Crippen molar-refractivity contribution in [3.8, 4) is 0 Å². The molecular formula is C13H16O2. The Hall–Kier alpha value is -1.57. The fourth-order valence-electron chi connectivity index (χ4n) is 1.39. The lowest BCUT2D eigenvalue weighted by Gasteiger charge is -2.15. The lowest BCUT2D eigenvalue weighted by molar-refractivity contribution is -0.146. The van der Waals surface area contributed by atoms with Crippen LogP contribution in [0.15, 0.2) is 36.9 Å². The van der Waals surface area contributed by atoms with Crippen LogP contribution in [0.3, 0.4) is 0 Å². The van der Waals surface area contributed by atoms with Crippen molar-refractivity contribution in [3.63, 3.8) is 0 Å². The lowest BCUT2D eigenvalue weighted by Crippen LogP contribution is -2.07. The van der Waals surface area contributed by atoms with Crippen molar-refractivity contribution in [1.29, 1.82) is 0 Å². The summed E-state index contributed by atoms with van der Waals surface area (Å²) in [4.78, 5) is 10.9. The first-order valence-electron chi connectivity index (χ1n) is 4.98. The minimum absolute atomic E-state index is 0.208. The standard InChI is InChI=1S/C13H16O2/c1-4-5-13(15-11(3)14)12-8-6-10(2)7-9-12/h4,6-9,13H,1,5H2,2-3H3. The van der Waals surface area contributed by atoms with E-state index in [-0.39, 0.29) is 12.1 Å². The second-order valence-corrected chi connectivity index (χ2v) is 3.53. The summed E-state index contributed by atoms with van der Waals surface area (Å²) in [5.41, 5.74) is 2.20. The second-order valence-electron chi connectivity index (χ2n) is 3.53. The molecule has 15 heavy (non-hydrogen) atoms. The molecule has 0 aromatic heterocycles. The number of carbonyl (C=O) groups excluding carboxylic acids is 1. The molecule has 1 aromatic rings. The van der Waals surface area contributed by atoms with Crippen LogP contribution in [0.1, 0.15) is 30.6 Å². The van der Waals surface area contributed by atoms with Gasteiger partial charge in [0.15, 0.2) is 0 Å². The van der Waals surface area contributed by atoms with Gasteiger partial charge in [-0.05, 0) is 12.5 Å². The van der Waals surface area contributed by atoms with Crippen LogP contribution in [0.4, 0.5) is 0 Å². The Morgan fingerprint density at radius 3 is 2.53 bits per heavy atom. The predicted molar refractivity (Wildman–Crippen MR) is 60.5 cm³/mol. The van der Waals surface area contributed by atoms with Gasteiger partial charge in [-0.3, -0.25) is 4.79 Å². The highest BCUT2D eigenvalue weighted by Gasteiger charge is 2.12. The molecule has 0 radical (unpaired) electrons. The van der Waals surface area contributed by atoms with Gasteiger partial charge in [-0.2, -0.15) is 0 Å². The van der Waals surface area contributed by atoms with E-state index in [4.69, 9.17) is 4.74 Å². The fourth-order valence-corrected chi connectivity index (χ4v) is 1.39. The molecule has 0 N–H and O–H groups in total. The van der Waals surface area contributed by atoms with E-state index < -0.39 is 0 Å². The fraction of sp³-hybridized carbons (Fsp3) is 0.308. The lowest BCUT2D eigenvalue weighted by atomic mass is 10.0. The van der Waals surface area contributed by atoms with Crippen LogP contribution in [0.2, 0.25) is 0 Å². The highest BCUT2D eigenvalue weighted by atomic mass is 16.5. The van der Waals surface area contributed by atoms with E-state index in [2.05, 4.69) is 6.58 Å². The zero-order valence-electron chi connectivity index (χ0n) is 9.19. The number of carbonyl (C=O) groups is 1. The molecule has 0 saturated carbocycles. The Labute approximate surface area is 90.6 Å². The minimum atomic E-state index is -0.262. The summed E-state index contributed by atoms with van der Waals surface area (Å²) in [6.45, 7) is 7.11. The second kappa shape index (κ2) is 5.35. The summed E-state index contributed by atoms with van der Waals surface area (Å²) < 4.78 is 5.21. The first-order chi connectivity index (χ1) is 7.13. The zero-order valence-corrected chi connectivity index (χ0v) is 9.19. The maximum Gasteiger partial charge on any atom is 0.303 e. The first kappa shape index (κ1) is 11.5. The zero-order chi connectivity index (χ0) is 11.3. The highest BCUT2D eigenvalue weighted by molar-refractivity contribution is 5.66. The van der Waals surface area contributed by atoms with Crippen LogP contribution in [0.5, 0.6) is 0 Å². The van der Waals surface area contributed by atoms with Gasteiger partial charge in [0.2, 0.25) is 0 Å². The molecule has 0 fully saturated rings. The van der Waals surface area contributed by atoms with Crippen LogP contribution in [0.25, 0.3) is 0 Å². The van der Waals surface area contributed by atoms with Gasteiger partial charge in [0.25, 0.3) is 0 Å². The van der Waals surface area contributed by atoms with E-state index >= 15 is 0 Å². The molecular weight excluding hydrogens is 188 g/mol. The van der Waals surface area contributed by atoms with Gasteiger partial charge in [0.05, 0.1) is 0 Å². The summed E-state index contributed by atoms with van der Waals surface area (Å²) in [6, 6.07) is 7.97. The quantitative estimate of drug-likeness (QED) is 0.556. The molecule has 1 rings (SSSR count). The topological polar surface area (TPSA) is 26.3 Å². The van der Waals surface area contributed by atoms with Crippen LogP contribution in [0, 0.1) is 6.92 Å². The molecule has 1 atom stereocenters. The third-order valence-corrected chi connectivity index (χ3v) is 2.14. The summed E-state index contributed by atoms with van der Waals surface area (Å²) in [5, 5.41) is 0. The Bertz CT molecular complexity index is 338. The largest absolute Gasteiger partial charge is 0.457 e. The number of esters is 1. The predicted octanol–water partition coefficient (Wildman–Crippen LogP) is 3.18. The third-order valence-electron chi connectivity index (χ3n) is 2.14. The molecule has 0 heterocycles. The van der Waals surface area contributed by atoms with Crippen LogP contribution >= 0.6 is 0 Å². The molecule has 1 aromatic carbocycles. The van der Waals surface area contributed by atoms with Crippen molar-refractivity contribution in [2.75, 3.05) is 0 Å². The smallest absolute Gasteiger partial charge is 0.303 e. The Kier molecular flexibility index (Phi) is 4.10. The van der Waals surface area contributed by atoms with E-state index in [0.29, 0.717) is 6.42 Å². The average Bonchev–Trinajstić information content (AvgIpc) is 2.17. The number of hydrogen-bond donors (Lipinski definition) is 0. The van der Waals surface area contributed by atoms with Crippen LogP contribution < -0.4 is 0 Å². The van der Waals surface area contributed by atoms with Gasteiger partial charge < -0.3 is 4.74 Å². The van der Waals surface area contributed by atoms with E-state index in [1.54, 1.807) is 6.08 Å². The maximum absolute atomic E-state index is 10.9. The molecule has 0 aliphatic heterocycles. The van der Waals surface area contributed by atoms with Crippen molar-refractivity contribution in [3.05, 3.63) is 48.0 Å². The van der Waals surface area contributed by atoms with E-state index in [1.807, 2.05) is 31.2 Å². The Morgan fingerprint density at radius 2 is 2.07 bits per heavy atom. The third kappa shape index (κ3) is 3.58. The molecule has 0 aliphatic rings. The minimum Gasteiger partial charge on any atom is -0.457 e. The van der Waals surface area contributed by atoms with Gasteiger partial charge in [-0.1, -0.05) is 35.9 Å². The van der Waals surface area contributed by atoms with Crippen LogP contribution in [-0.4, -0.2) is 5.97 Å². The van der Waals surface area contributed by atoms with Gasteiger partial charge in [0, 0.05) is 13.3 Å². The maximum atomic E-state index is 10.9. The Balaban J connectivity index is 2.83. The molecule has 2 nitrogen and oxygen atoms in total. The average molecular weight is 204 g/mol. The van der Waals surface area contributed by atoms with Gasteiger partial charge in [0.1, 0.15) is 6.10 Å². The van der Waals surface area contributed by atoms with Crippen molar-refractivity contribution in [1.82, 2.24) is 0 Å². The SMILES string of the molecule is C=CCC(OC(C)=O)c1ccc(C)cc1. The molecule has 0 saturated heterocycles. The molecule has 0 amide bonds. The number of hydrogen-bond acceptors (Lipinski definition) is 2. The number of ether oxygens (including phenoxy) is 1. The summed E-state index contributed by atoms with van der Waals surface area (Å²) in [6.07, 6.45) is 2.19. The van der Waals surface area contributed by atoms with Crippen molar-refractivity contribution >= 4 is 5.97 Å². The van der Waals surface area contributed by atoms with Gasteiger partial charge in [-0.25, -0.2) is 0 Å². The van der Waals surface area contributed by atoms with Crippen molar-refractivity contribution in [2.24, 2.45) is 0 Å². The summed E-state index contributed by atoms with van der Waals surface area (Å²) in [5.74, 6) is -0.262. The molecule has 0 bridgehead atoms. The number of aryl methyl sites for hydroxylation is 1. The van der Waals surface area contributed by atoms with Gasteiger partial charge in [-0.15, -0.1) is 6.58 Å². The number of benzene rings is 1. The first-order valence-corrected chi connectivity index (χ1v) is 4.98. The summed E-state index contributed by atoms with van der Waals surface area (Å²) >= 11 is 0. The van der Waals surface area contributed by atoms with Crippen LogP contribution in [-0.2, 0) is 9.53 Å². The molecule has 2 heteroatoms. The van der Waals surface area contributed by atoms with E-state index in [9.17, 15) is 4.79 Å². The van der Waals surface area contributed by atoms with Crippen molar-refractivity contribution in [2.45, 2.75) is 26.4 Å². The molecule has 0 spiro atoms. The van der Waals surface area contributed by atoms with Crippen molar-refractivity contribution < 1.29 is 9.53 Å². The number of rotatable bonds is 4. The monoisotopic (exact) mass is 204 g/mol.